The van der Waals surface area contributed by atoms with E-state index in [-0.39, 0.29) is 31.3 Å². The van der Waals surface area contributed by atoms with E-state index in [2.05, 4.69) is 4.99 Å². The van der Waals surface area contributed by atoms with Crippen LogP contribution >= 0.6 is 11.3 Å². The minimum absolute atomic E-state index is 0.113. The van der Waals surface area contributed by atoms with Gasteiger partial charge in [0.1, 0.15) is 0 Å². The molecule has 33 heavy (non-hydrogen) atoms. The summed E-state index contributed by atoms with van der Waals surface area (Å²) in [5.41, 5.74) is 1.03. The van der Waals surface area contributed by atoms with Gasteiger partial charge in [0.25, 0.3) is 5.91 Å². The fourth-order valence-corrected chi connectivity index (χ4v) is 4.49. The fraction of sp³-hybridized carbons (Fsp3) is 0.318. The Balaban J connectivity index is 1.82. The zero-order valence-corrected chi connectivity index (χ0v) is 19.3. The number of hydrogen-bond donors (Lipinski definition) is 0. The molecule has 0 atom stereocenters. The summed E-state index contributed by atoms with van der Waals surface area (Å²) in [6.45, 7) is 0.416. The summed E-state index contributed by atoms with van der Waals surface area (Å²) >= 11 is 1.30. The van der Waals surface area contributed by atoms with Crippen LogP contribution in [-0.4, -0.2) is 51.7 Å². The quantitative estimate of drug-likeness (QED) is 0.481. The molecule has 2 aromatic carbocycles. The number of methoxy groups -OCH3 is 4. The molecule has 0 radical (unpaired) electrons. The SMILES string of the molecule is COC(=O)CCn1c(=NC(=O)c2cc(OC)c(OC)c(OC)c2)sc2cc3c(cc21)OCO3. The number of nitrogens with zero attached hydrogens (tertiary/aromatic N) is 2. The van der Waals surface area contributed by atoms with Crippen molar-refractivity contribution in [1.29, 1.82) is 0 Å². The van der Waals surface area contributed by atoms with E-state index in [9.17, 15) is 9.59 Å². The van der Waals surface area contributed by atoms with Gasteiger partial charge in [-0.1, -0.05) is 11.3 Å². The first-order valence-corrected chi connectivity index (χ1v) is 10.7. The first-order chi connectivity index (χ1) is 16.0. The minimum Gasteiger partial charge on any atom is -0.493 e. The lowest BCUT2D eigenvalue weighted by atomic mass is 10.1. The minimum atomic E-state index is -0.507. The molecule has 174 valence electrons. The van der Waals surface area contributed by atoms with Crippen LogP contribution in [0.4, 0.5) is 0 Å². The van der Waals surface area contributed by atoms with E-state index in [1.54, 1.807) is 4.57 Å². The number of carbonyl (C=O) groups is 2. The lowest BCUT2D eigenvalue weighted by molar-refractivity contribution is -0.140. The maximum atomic E-state index is 13.1. The van der Waals surface area contributed by atoms with Crippen molar-refractivity contribution < 1.29 is 38.0 Å². The highest BCUT2D eigenvalue weighted by molar-refractivity contribution is 7.16. The second-order valence-corrected chi connectivity index (χ2v) is 7.88. The van der Waals surface area contributed by atoms with Crippen LogP contribution in [0.1, 0.15) is 16.8 Å². The van der Waals surface area contributed by atoms with Crippen molar-refractivity contribution in [3.05, 3.63) is 34.6 Å². The molecule has 0 fully saturated rings. The second kappa shape index (κ2) is 9.41. The molecule has 0 unspecified atom stereocenters. The van der Waals surface area contributed by atoms with Crippen molar-refractivity contribution in [3.8, 4) is 28.7 Å². The molecule has 10 nitrogen and oxygen atoms in total. The lowest BCUT2D eigenvalue weighted by Gasteiger charge is -2.12. The first kappa shape index (κ1) is 22.5. The van der Waals surface area contributed by atoms with Crippen molar-refractivity contribution in [2.24, 2.45) is 4.99 Å². The molecule has 11 heteroatoms. The Morgan fingerprint density at radius 1 is 1.00 bits per heavy atom. The molecule has 1 aliphatic heterocycles. The van der Waals surface area contributed by atoms with Gasteiger partial charge < -0.3 is 33.0 Å². The predicted molar refractivity (Wildman–Crippen MR) is 119 cm³/mol. The number of ether oxygens (including phenoxy) is 6. The van der Waals surface area contributed by atoms with Gasteiger partial charge in [-0.2, -0.15) is 4.99 Å². The van der Waals surface area contributed by atoms with Gasteiger partial charge in [0.15, 0.2) is 27.8 Å². The summed E-state index contributed by atoms with van der Waals surface area (Å²) in [5, 5.41) is 0. The van der Waals surface area contributed by atoms with Crippen LogP contribution in [0.5, 0.6) is 28.7 Å². The number of esters is 1. The number of carbonyl (C=O) groups excluding carboxylic acids is 2. The summed E-state index contributed by atoms with van der Waals surface area (Å²) in [4.78, 5) is 29.6. The topological polar surface area (TPSA) is 107 Å². The van der Waals surface area contributed by atoms with Crippen LogP contribution in [0.3, 0.4) is 0 Å². The molecule has 1 aliphatic rings. The number of fused-ring (bicyclic) bond motifs is 2. The monoisotopic (exact) mass is 474 g/mol. The van der Waals surface area contributed by atoms with E-state index in [1.165, 1.54) is 51.9 Å². The Bertz CT molecular complexity index is 1270. The van der Waals surface area contributed by atoms with Crippen LogP contribution in [-0.2, 0) is 16.1 Å². The van der Waals surface area contributed by atoms with E-state index in [0.29, 0.717) is 33.5 Å². The summed E-state index contributed by atoms with van der Waals surface area (Å²) < 4.78 is 34.3. The highest BCUT2D eigenvalue weighted by atomic mass is 32.1. The third-order valence-corrected chi connectivity index (χ3v) is 6.09. The van der Waals surface area contributed by atoms with Gasteiger partial charge in [-0.3, -0.25) is 9.59 Å². The average molecular weight is 474 g/mol. The zero-order chi connectivity index (χ0) is 23.5. The Labute approximate surface area is 192 Å². The summed E-state index contributed by atoms with van der Waals surface area (Å²) in [6.07, 6.45) is 0.113. The van der Waals surface area contributed by atoms with Gasteiger partial charge in [-0.05, 0) is 12.1 Å². The van der Waals surface area contributed by atoms with E-state index in [4.69, 9.17) is 28.4 Å². The van der Waals surface area contributed by atoms with E-state index >= 15 is 0 Å². The molecule has 0 N–H and O–H groups in total. The first-order valence-electron chi connectivity index (χ1n) is 9.88. The Morgan fingerprint density at radius 2 is 1.67 bits per heavy atom. The number of benzene rings is 2. The molecule has 3 aromatic rings. The van der Waals surface area contributed by atoms with Gasteiger partial charge in [-0.25, -0.2) is 0 Å². The Morgan fingerprint density at radius 3 is 2.27 bits per heavy atom. The summed E-state index contributed by atoms with van der Waals surface area (Å²) in [7, 11) is 5.76. The highest BCUT2D eigenvalue weighted by Crippen LogP contribution is 2.39. The number of rotatable bonds is 7. The van der Waals surface area contributed by atoms with Crippen LogP contribution < -0.4 is 28.5 Å². The second-order valence-electron chi connectivity index (χ2n) is 6.87. The van der Waals surface area contributed by atoms with E-state index in [1.807, 2.05) is 12.1 Å². The molecule has 0 aliphatic carbocycles. The van der Waals surface area contributed by atoms with E-state index in [0.717, 1.165) is 10.2 Å². The van der Waals surface area contributed by atoms with Crippen LogP contribution in [0.25, 0.3) is 10.2 Å². The molecule has 0 saturated carbocycles. The summed E-state index contributed by atoms with van der Waals surface area (Å²) in [6, 6.07) is 6.72. The molecule has 2 heterocycles. The van der Waals surface area contributed by atoms with Crippen molar-refractivity contribution in [2.45, 2.75) is 13.0 Å². The third-order valence-electron chi connectivity index (χ3n) is 5.05. The van der Waals surface area contributed by atoms with Crippen LogP contribution in [0.15, 0.2) is 29.3 Å². The zero-order valence-electron chi connectivity index (χ0n) is 18.5. The van der Waals surface area contributed by atoms with Crippen LogP contribution in [0.2, 0.25) is 0 Å². The predicted octanol–water partition coefficient (Wildman–Crippen LogP) is 2.76. The van der Waals surface area contributed by atoms with Crippen molar-refractivity contribution in [2.75, 3.05) is 35.2 Å². The number of thiazole rings is 1. The van der Waals surface area contributed by atoms with Gasteiger partial charge in [0.05, 0.1) is 45.1 Å². The molecule has 0 bridgehead atoms. The van der Waals surface area contributed by atoms with Crippen molar-refractivity contribution in [1.82, 2.24) is 4.57 Å². The van der Waals surface area contributed by atoms with Crippen molar-refractivity contribution in [3.63, 3.8) is 0 Å². The fourth-order valence-electron chi connectivity index (χ4n) is 3.42. The Hall–Kier alpha value is -3.73. The normalized spacial score (nSPS) is 12.7. The third kappa shape index (κ3) is 4.31. The van der Waals surface area contributed by atoms with Gasteiger partial charge in [0.2, 0.25) is 12.5 Å². The summed E-state index contributed by atoms with van der Waals surface area (Å²) in [5.74, 6) is 1.39. The Kier molecular flexibility index (Phi) is 6.40. The molecule has 1 aromatic heterocycles. The van der Waals surface area contributed by atoms with Crippen LogP contribution in [0, 0.1) is 0 Å². The number of aromatic nitrogens is 1. The molecular formula is C22H22N2O8S. The average Bonchev–Trinajstić information content (AvgIpc) is 3.42. The standard InChI is InChI=1S/C22H22N2O8S/c1-27-16-7-12(8-17(28-2)20(16)30-4)21(26)23-22-24(6-5-19(25)29-3)13-9-14-15(32-11-31-14)10-18(13)33-22/h7-10H,5-6,11H2,1-4H3. The maximum Gasteiger partial charge on any atom is 0.307 e. The molecule has 0 spiro atoms. The van der Waals surface area contributed by atoms with Gasteiger partial charge >= 0.3 is 5.97 Å². The molecule has 4 rings (SSSR count). The van der Waals surface area contributed by atoms with Gasteiger partial charge in [0, 0.05) is 24.2 Å². The highest BCUT2D eigenvalue weighted by Gasteiger charge is 2.20. The smallest absolute Gasteiger partial charge is 0.307 e. The number of aryl methyl sites for hydroxylation is 1. The largest absolute Gasteiger partial charge is 0.493 e. The lowest BCUT2D eigenvalue weighted by Crippen LogP contribution is -2.19. The molecule has 0 saturated heterocycles. The number of hydrogen-bond acceptors (Lipinski definition) is 9. The maximum absolute atomic E-state index is 13.1. The van der Waals surface area contributed by atoms with Crippen molar-refractivity contribution >= 4 is 33.4 Å². The van der Waals surface area contributed by atoms with E-state index < -0.39 is 5.91 Å². The molecular weight excluding hydrogens is 452 g/mol. The number of amides is 1. The van der Waals surface area contributed by atoms with Gasteiger partial charge in [-0.15, -0.1) is 0 Å². The molecule has 1 amide bonds.